The molecule has 1 aliphatic heterocycles. The number of halogens is 3. The van der Waals surface area contributed by atoms with Gasteiger partial charge in [-0.1, -0.05) is 12.1 Å². The standard InChI is InChI=1S/C11H13ClFNO.ClH/c12-8-14-4-5-15-11(7-14)9-2-1-3-10(13)6-9;/h1-3,6,11H,4-5,7-8H2;1H. The van der Waals surface area contributed by atoms with E-state index in [2.05, 4.69) is 4.90 Å². The van der Waals surface area contributed by atoms with Crippen LogP contribution in [-0.4, -0.2) is 30.6 Å². The molecule has 2 rings (SSSR count). The van der Waals surface area contributed by atoms with Gasteiger partial charge in [0.2, 0.25) is 0 Å². The maximum absolute atomic E-state index is 13.0. The van der Waals surface area contributed by atoms with Crippen molar-refractivity contribution in [1.82, 2.24) is 4.90 Å². The van der Waals surface area contributed by atoms with Gasteiger partial charge in [-0.2, -0.15) is 0 Å². The van der Waals surface area contributed by atoms with Crippen molar-refractivity contribution in [2.45, 2.75) is 6.10 Å². The Morgan fingerprint density at radius 3 is 3.00 bits per heavy atom. The fourth-order valence-electron chi connectivity index (χ4n) is 1.72. The van der Waals surface area contributed by atoms with Crippen molar-refractivity contribution < 1.29 is 9.13 Å². The Bertz CT molecular complexity index is 338. The van der Waals surface area contributed by atoms with Crippen LogP contribution < -0.4 is 0 Å². The fraction of sp³-hybridized carbons (Fsp3) is 0.455. The van der Waals surface area contributed by atoms with E-state index in [-0.39, 0.29) is 24.3 Å². The van der Waals surface area contributed by atoms with E-state index in [9.17, 15) is 4.39 Å². The lowest BCUT2D eigenvalue weighted by atomic mass is 10.1. The highest BCUT2D eigenvalue weighted by molar-refractivity contribution is 6.17. The highest BCUT2D eigenvalue weighted by Crippen LogP contribution is 2.22. The van der Waals surface area contributed by atoms with E-state index in [1.165, 1.54) is 12.1 Å². The van der Waals surface area contributed by atoms with Crippen molar-refractivity contribution in [3.05, 3.63) is 35.6 Å². The molecule has 0 radical (unpaired) electrons. The molecule has 1 aromatic rings. The van der Waals surface area contributed by atoms with Gasteiger partial charge < -0.3 is 4.74 Å². The molecule has 0 aromatic heterocycles. The van der Waals surface area contributed by atoms with Crippen LogP contribution in [0.25, 0.3) is 0 Å². The van der Waals surface area contributed by atoms with Crippen LogP contribution >= 0.6 is 24.0 Å². The zero-order chi connectivity index (χ0) is 10.7. The van der Waals surface area contributed by atoms with Gasteiger partial charge in [0.05, 0.1) is 18.7 Å². The van der Waals surface area contributed by atoms with E-state index < -0.39 is 0 Å². The first-order valence-corrected chi connectivity index (χ1v) is 5.48. The lowest BCUT2D eigenvalue weighted by Crippen LogP contribution is -2.37. The molecule has 0 spiro atoms. The second kappa shape index (κ2) is 6.40. The molecule has 0 N–H and O–H groups in total. The number of rotatable bonds is 2. The summed E-state index contributed by atoms with van der Waals surface area (Å²) in [5.74, 6) is -0.223. The van der Waals surface area contributed by atoms with Gasteiger partial charge in [-0.3, -0.25) is 4.90 Å². The third kappa shape index (κ3) is 3.32. The third-order valence-electron chi connectivity index (χ3n) is 2.54. The average Bonchev–Trinajstić information content (AvgIpc) is 2.29. The van der Waals surface area contributed by atoms with E-state index in [4.69, 9.17) is 16.3 Å². The van der Waals surface area contributed by atoms with Gasteiger partial charge in [0.1, 0.15) is 5.82 Å². The molecule has 0 bridgehead atoms. The topological polar surface area (TPSA) is 12.5 Å². The Kier molecular flexibility index (Phi) is 5.49. The molecule has 90 valence electrons. The van der Waals surface area contributed by atoms with Gasteiger partial charge in [0, 0.05) is 13.1 Å². The molecule has 1 unspecified atom stereocenters. The molecule has 5 heteroatoms. The van der Waals surface area contributed by atoms with Crippen molar-refractivity contribution in [2.24, 2.45) is 0 Å². The second-order valence-corrected chi connectivity index (χ2v) is 3.85. The minimum atomic E-state index is -0.223. The van der Waals surface area contributed by atoms with Gasteiger partial charge in [0.25, 0.3) is 0 Å². The predicted octanol–water partition coefficient (Wildman–Crippen LogP) is 2.82. The normalized spacial score (nSPS) is 21.5. The predicted molar refractivity (Wildman–Crippen MR) is 64.6 cm³/mol. The zero-order valence-corrected chi connectivity index (χ0v) is 10.3. The number of morpholine rings is 1. The molecule has 0 aliphatic carbocycles. The first kappa shape index (κ1) is 13.7. The first-order valence-electron chi connectivity index (χ1n) is 4.95. The zero-order valence-electron chi connectivity index (χ0n) is 8.73. The monoisotopic (exact) mass is 265 g/mol. The largest absolute Gasteiger partial charge is 0.371 e. The highest BCUT2D eigenvalue weighted by atomic mass is 35.5. The maximum atomic E-state index is 13.0. The van der Waals surface area contributed by atoms with Gasteiger partial charge >= 0.3 is 0 Å². The maximum Gasteiger partial charge on any atom is 0.123 e. The van der Waals surface area contributed by atoms with E-state index in [0.29, 0.717) is 12.6 Å². The van der Waals surface area contributed by atoms with Crippen molar-refractivity contribution in [2.75, 3.05) is 25.7 Å². The van der Waals surface area contributed by atoms with E-state index in [1.54, 1.807) is 6.07 Å². The number of hydrogen-bond donors (Lipinski definition) is 0. The van der Waals surface area contributed by atoms with Crippen molar-refractivity contribution >= 4 is 24.0 Å². The van der Waals surface area contributed by atoms with Crippen LogP contribution in [0.1, 0.15) is 11.7 Å². The number of hydrogen-bond acceptors (Lipinski definition) is 2. The number of nitrogens with zero attached hydrogens (tertiary/aromatic N) is 1. The first-order chi connectivity index (χ1) is 7.29. The molecule has 16 heavy (non-hydrogen) atoms. The van der Waals surface area contributed by atoms with Crippen LogP contribution in [0.4, 0.5) is 4.39 Å². The Morgan fingerprint density at radius 1 is 1.50 bits per heavy atom. The Balaban J connectivity index is 0.00000128. The average molecular weight is 266 g/mol. The molecular formula is C11H14Cl2FNO. The van der Waals surface area contributed by atoms with Crippen molar-refractivity contribution in [3.63, 3.8) is 0 Å². The minimum absolute atomic E-state index is 0. The summed E-state index contributed by atoms with van der Waals surface area (Å²) < 4.78 is 18.6. The minimum Gasteiger partial charge on any atom is -0.371 e. The summed E-state index contributed by atoms with van der Waals surface area (Å²) >= 11 is 5.76. The Morgan fingerprint density at radius 2 is 2.31 bits per heavy atom. The fourth-order valence-corrected chi connectivity index (χ4v) is 1.94. The summed E-state index contributed by atoms with van der Waals surface area (Å²) in [6.45, 7) is 2.22. The number of benzene rings is 1. The van der Waals surface area contributed by atoms with Gasteiger partial charge in [-0.05, 0) is 17.7 Å². The van der Waals surface area contributed by atoms with Gasteiger partial charge in [0.15, 0.2) is 0 Å². The quantitative estimate of drug-likeness (QED) is 0.603. The number of ether oxygens (including phenoxy) is 1. The van der Waals surface area contributed by atoms with Crippen molar-refractivity contribution in [1.29, 1.82) is 0 Å². The summed E-state index contributed by atoms with van der Waals surface area (Å²) in [4.78, 5) is 2.08. The molecule has 2 nitrogen and oxygen atoms in total. The van der Waals surface area contributed by atoms with E-state index in [0.717, 1.165) is 18.7 Å². The van der Waals surface area contributed by atoms with E-state index in [1.807, 2.05) is 6.07 Å². The van der Waals surface area contributed by atoms with Crippen LogP contribution in [0.3, 0.4) is 0 Å². The summed E-state index contributed by atoms with van der Waals surface area (Å²) in [6.07, 6.45) is -0.0619. The summed E-state index contributed by atoms with van der Waals surface area (Å²) in [6, 6.07) is 7.03. The lowest BCUT2D eigenvalue weighted by molar-refractivity contribution is -0.0238. The smallest absolute Gasteiger partial charge is 0.123 e. The van der Waals surface area contributed by atoms with Crippen LogP contribution in [-0.2, 0) is 4.74 Å². The lowest BCUT2D eigenvalue weighted by Gasteiger charge is -2.31. The second-order valence-electron chi connectivity index (χ2n) is 3.61. The van der Waals surface area contributed by atoms with Crippen molar-refractivity contribution in [3.8, 4) is 0 Å². The number of alkyl halides is 1. The van der Waals surface area contributed by atoms with Crippen LogP contribution in [0.2, 0.25) is 0 Å². The molecule has 1 fully saturated rings. The van der Waals surface area contributed by atoms with Crippen LogP contribution in [0.15, 0.2) is 24.3 Å². The Hall–Kier alpha value is -0.350. The molecule has 1 saturated heterocycles. The molecule has 0 amide bonds. The SMILES string of the molecule is Cl.Fc1cccc(C2CN(CCl)CCO2)c1. The molecule has 1 aromatic carbocycles. The van der Waals surface area contributed by atoms with Crippen LogP contribution in [0.5, 0.6) is 0 Å². The summed E-state index contributed by atoms with van der Waals surface area (Å²) in [5.41, 5.74) is 0.879. The molecule has 1 atom stereocenters. The van der Waals surface area contributed by atoms with Crippen LogP contribution in [0, 0.1) is 5.82 Å². The summed E-state index contributed by atoms with van der Waals surface area (Å²) in [5, 5.41) is 0. The third-order valence-corrected chi connectivity index (χ3v) is 2.88. The molecule has 1 aliphatic rings. The van der Waals surface area contributed by atoms with Gasteiger partial charge in [-0.15, -0.1) is 24.0 Å². The Labute approximate surface area is 106 Å². The van der Waals surface area contributed by atoms with Gasteiger partial charge in [-0.25, -0.2) is 4.39 Å². The molecule has 0 saturated carbocycles. The molecular weight excluding hydrogens is 252 g/mol. The summed E-state index contributed by atoms with van der Waals surface area (Å²) in [7, 11) is 0. The molecule has 1 heterocycles. The highest BCUT2D eigenvalue weighted by Gasteiger charge is 2.21. The van der Waals surface area contributed by atoms with E-state index >= 15 is 0 Å².